The summed E-state index contributed by atoms with van der Waals surface area (Å²) in [5.74, 6) is -0.0528. The van der Waals surface area contributed by atoms with E-state index in [2.05, 4.69) is 17.6 Å². The van der Waals surface area contributed by atoms with Gasteiger partial charge in [0, 0.05) is 23.5 Å². The highest BCUT2D eigenvalue weighted by Crippen LogP contribution is 2.23. The van der Waals surface area contributed by atoms with E-state index in [0.29, 0.717) is 5.56 Å². The Bertz CT molecular complexity index is 677. The molecule has 2 N–H and O–H groups in total. The van der Waals surface area contributed by atoms with Crippen molar-refractivity contribution < 1.29 is 4.79 Å². The molecule has 1 heterocycles. The molecule has 102 valence electrons. The zero-order valence-corrected chi connectivity index (χ0v) is 11.8. The maximum Gasteiger partial charge on any atom is 0.255 e. The first-order valence-corrected chi connectivity index (χ1v) is 6.89. The molecule has 0 aliphatic carbocycles. The fourth-order valence-corrected chi connectivity index (χ4v) is 2.47. The molecule has 0 atom stereocenters. The molecule has 20 heavy (non-hydrogen) atoms. The van der Waals surface area contributed by atoms with Crippen LogP contribution < -0.4 is 10.6 Å². The fourth-order valence-electron chi connectivity index (χ4n) is 2.47. The van der Waals surface area contributed by atoms with E-state index in [0.717, 1.165) is 24.3 Å². The van der Waals surface area contributed by atoms with Gasteiger partial charge in [-0.15, -0.1) is 0 Å². The van der Waals surface area contributed by atoms with Crippen LogP contribution in [0.15, 0.2) is 36.4 Å². The maximum absolute atomic E-state index is 12.3. The lowest BCUT2D eigenvalue weighted by atomic mass is 10.1. The number of benzene rings is 2. The number of hydrogen-bond donors (Lipinski definition) is 2. The van der Waals surface area contributed by atoms with Crippen molar-refractivity contribution in [2.75, 3.05) is 17.2 Å². The average Bonchev–Trinajstić information content (AvgIpc) is 2.90. The number of aryl methyl sites for hydroxylation is 2. The molecule has 0 aromatic heterocycles. The van der Waals surface area contributed by atoms with Crippen LogP contribution in [0.3, 0.4) is 0 Å². The molecule has 0 unspecified atom stereocenters. The van der Waals surface area contributed by atoms with Crippen molar-refractivity contribution in [3.63, 3.8) is 0 Å². The van der Waals surface area contributed by atoms with E-state index in [1.165, 1.54) is 16.7 Å². The molecule has 0 bridgehead atoms. The van der Waals surface area contributed by atoms with Crippen LogP contribution >= 0.6 is 0 Å². The highest BCUT2D eigenvalue weighted by atomic mass is 16.1. The Balaban J connectivity index is 1.80. The van der Waals surface area contributed by atoms with Crippen molar-refractivity contribution in [2.24, 2.45) is 0 Å². The highest BCUT2D eigenvalue weighted by molar-refractivity contribution is 6.04. The third-order valence-electron chi connectivity index (χ3n) is 3.84. The number of carbonyl (C=O) groups is 1. The van der Waals surface area contributed by atoms with Crippen LogP contribution in [-0.4, -0.2) is 12.5 Å². The minimum atomic E-state index is -0.0528. The zero-order valence-electron chi connectivity index (χ0n) is 11.8. The fraction of sp³-hybridized carbons (Fsp3) is 0.235. The van der Waals surface area contributed by atoms with Gasteiger partial charge in [-0.25, -0.2) is 0 Å². The predicted molar refractivity (Wildman–Crippen MR) is 82.5 cm³/mol. The van der Waals surface area contributed by atoms with Crippen LogP contribution in [0.1, 0.15) is 27.0 Å². The summed E-state index contributed by atoms with van der Waals surface area (Å²) in [5.41, 5.74) is 6.33. The summed E-state index contributed by atoms with van der Waals surface area (Å²) in [6, 6.07) is 11.8. The van der Waals surface area contributed by atoms with Gasteiger partial charge >= 0.3 is 0 Å². The summed E-state index contributed by atoms with van der Waals surface area (Å²) in [6.45, 7) is 5.07. The Morgan fingerprint density at radius 2 is 1.95 bits per heavy atom. The summed E-state index contributed by atoms with van der Waals surface area (Å²) >= 11 is 0. The minimum Gasteiger partial charge on any atom is -0.384 e. The molecule has 1 amide bonds. The second kappa shape index (κ2) is 5.00. The van der Waals surface area contributed by atoms with Crippen molar-refractivity contribution >= 4 is 17.3 Å². The molecule has 1 aliphatic rings. The molecule has 2 aromatic rings. The lowest BCUT2D eigenvalue weighted by Gasteiger charge is -2.09. The molecule has 0 radical (unpaired) electrons. The maximum atomic E-state index is 12.3. The topological polar surface area (TPSA) is 41.1 Å². The van der Waals surface area contributed by atoms with E-state index in [1.807, 2.05) is 43.3 Å². The third kappa shape index (κ3) is 2.39. The Morgan fingerprint density at radius 1 is 1.10 bits per heavy atom. The van der Waals surface area contributed by atoms with Gasteiger partial charge < -0.3 is 10.6 Å². The second-order valence-electron chi connectivity index (χ2n) is 5.30. The minimum absolute atomic E-state index is 0.0528. The Labute approximate surface area is 119 Å². The van der Waals surface area contributed by atoms with Gasteiger partial charge in [0.1, 0.15) is 0 Å². The number of fused-ring (bicyclic) bond motifs is 1. The lowest BCUT2D eigenvalue weighted by molar-refractivity contribution is 0.102. The van der Waals surface area contributed by atoms with Crippen molar-refractivity contribution in [3.05, 3.63) is 58.7 Å². The van der Waals surface area contributed by atoms with Crippen molar-refractivity contribution in [2.45, 2.75) is 20.3 Å². The van der Waals surface area contributed by atoms with E-state index < -0.39 is 0 Å². The first-order valence-electron chi connectivity index (χ1n) is 6.89. The van der Waals surface area contributed by atoms with Crippen molar-refractivity contribution in [3.8, 4) is 0 Å². The van der Waals surface area contributed by atoms with Gasteiger partial charge in [-0.05, 0) is 67.3 Å². The quantitative estimate of drug-likeness (QED) is 0.873. The van der Waals surface area contributed by atoms with Gasteiger partial charge in [0.05, 0.1) is 0 Å². The number of amides is 1. The largest absolute Gasteiger partial charge is 0.384 e. The van der Waals surface area contributed by atoms with E-state index in [9.17, 15) is 4.79 Å². The smallest absolute Gasteiger partial charge is 0.255 e. The van der Waals surface area contributed by atoms with Crippen LogP contribution in [0.25, 0.3) is 0 Å². The molecular weight excluding hydrogens is 248 g/mol. The van der Waals surface area contributed by atoms with Gasteiger partial charge in [0.25, 0.3) is 5.91 Å². The summed E-state index contributed by atoms with van der Waals surface area (Å²) in [5, 5.41) is 6.26. The normalized spacial score (nSPS) is 12.7. The van der Waals surface area contributed by atoms with Gasteiger partial charge in [-0.1, -0.05) is 6.07 Å². The predicted octanol–water partition coefficient (Wildman–Crippen LogP) is 3.52. The standard InChI is InChI=1S/C17H18N2O/c1-11-3-5-15(9-12(11)2)19-17(20)14-4-6-16-13(10-14)7-8-18-16/h3-6,9-10,18H,7-8H2,1-2H3,(H,19,20). The Kier molecular flexibility index (Phi) is 3.18. The van der Waals surface area contributed by atoms with Crippen LogP contribution in [0, 0.1) is 13.8 Å². The average molecular weight is 266 g/mol. The Morgan fingerprint density at radius 3 is 2.75 bits per heavy atom. The van der Waals surface area contributed by atoms with Crippen LogP contribution in [0.2, 0.25) is 0 Å². The molecular formula is C17H18N2O. The number of anilines is 2. The molecule has 3 heteroatoms. The van der Waals surface area contributed by atoms with Gasteiger partial charge in [0.15, 0.2) is 0 Å². The summed E-state index contributed by atoms with van der Waals surface area (Å²) in [7, 11) is 0. The van der Waals surface area contributed by atoms with Crippen molar-refractivity contribution in [1.82, 2.24) is 0 Å². The molecule has 0 spiro atoms. The molecule has 0 fully saturated rings. The second-order valence-corrected chi connectivity index (χ2v) is 5.30. The van der Waals surface area contributed by atoms with E-state index in [4.69, 9.17) is 0 Å². The molecule has 3 rings (SSSR count). The van der Waals surface area contributed by atoms with Crippen LogP contribution in [0.4, 0.5) is 11.4 Å². The van der Waals surface area contributed by atoms with E-state index >= 15 is 0 Å². The van der Waals surface area contributed by atoms with E-state index in [1.54, 1.807) is 0 Å². The van der Waals surface area contributed by atoms with Crippen LogP contribution in [0.5, 0.6) is 0 Å². The monoisotopic (exact) mass is 266 g/mol. The zero-order chi connectivity index (χ0) is 14.1. The number of rotatable bonds is 2. The number of nitrogens with one attached hydrogen (secondary N) is 2. The molecule has 1 aliphatic heterocycles. The first-order chi connectivity index (χ1) is 9.63. The highest BCUT2D eigenvalue weighted by Gasteiger charge is 2.13. The molecule has 2 aromatic carbocycles. The lowest BCUT2D eigenvalue weighted by Crippen LogP contribution is -2.12. The van der Waals surface area contributed by atoms with Gasteiger partial charge in [-0.2, -0.15) is 0 Å². The van der Waals surface area contributed by atoms with Gasteiger partial charge in [-0.3, -0.25) is 4.79 Å². The number of hydrogen-bond acceptors (Lipinski definition) is 2. The van der Waals surface area contributed by atoms with E-state index in [-0.39, 0.29) is 5.91 Å². The molecule has 0 saturated heterocycles. The van der Waals surface area contributed by atoms with Gasteiger partial charge in [0.2, 0.25) is 0 Å². The number of carbonyl (C=O) groups excluding carboxylic acids is 1. The summed E-state index contributed by atoms with van der Waals surface area (Å²) in [4.78, 5) is 12.3. The van der Waals surface area contributed by atoms with Crippen LogP contribution in [-0.2, 0) is 6.42 Å². The molecule has 3 nitrogen and oxygen atoms in total. The first kappa shape index (κ1) is 12.7. The molecule has 0 saturated carbocycles. The summed E-state index contributed by atoms with van der Waals surface area (Å²) < 4.78 is 0. The van der Waals surface area contributed by atoms with Crippen molar-refractivity contribution in [1.29, 1.82) is 0 Å². The summed E-state index contributed by atoms with van der Waals surface area (Å²) in [6.07, 6.45) is 0.986. The Hall–Kier alpha value is -2.29. The SMILES string of the molecule is Cc1ccc(NC(=O)c2ccc3c(c2)CCN3)cc1C. The third-order valence-corrected chi connectivity index (χ3v) is 3.84.